The van der Waals surface area contributed by atoms with Crippen LogP contribution in [0.15, 0.2) is 68.8 Å². The number of amides is 1. The first kappa shape index (κ1) is 22.4. The van der Waals surface area contributed by atoms with Crippen LogP contribution in [-0.4, -0.2) is 27.5 Å². The van der Waals surface area contributed by atoms with Crippen molar-refractivity contribution in [1.82, 2.24) is 5.32 Å². The molecule has 1 aliphatic rings. The molecule has 168 valence electrons. The van der Waals surface area contributed by atoms with E-state index >= 15 is 0 Å². The molecule has 3 aromatic rings. The van der Waals surface area contributed by atoms with Gasteiger partial charge in [0, 0.05) is 11.1 Å². The second-order valence-corrected chi connectivity index (χ2v) is 10.1. The van der Waals surface area contributed by atoms with E-state index in [4.69, 9.17) is 20.8 Å². The van der Waals surface area contributed by atoms with Gasteiger partial charge in [0.1, 0.15) is 0 Å². The summed E-state index contributed by atoms with van der Waals surface area (Å²) in [6.45, 7) is 0. The number of hydrogen-bond donors (Lipinski definition) is 1. The van der Waals surface area contributed by atoms with Gasteiger partial charge in [0.2, 0.25) is 15.6 Å². The number of rotatable bonds is 6. The third-order valence-electron chi connectivity index (χ3n) is 5.62. The summed E-state index contributed by atoms with van der Waals surface area (Å²) in [5.41, 5.74) is 0.653. The second kappa shape index (κ2) is 9.38. The fraction of sp³-hybridized carbons (Fsp3) is 0.292. The summed E-state index contributed by atoms with van der Waals surface area (Å²) in [4.78, 5) is 13.1. The van der Waals surface area contributed by atoms with Gasteiger partial charge in [0.05, 0.1) is 17.6 Å². The van der Waals surface area contributed by atoms with E-state index in [1.165, 1.54) is 19.2 Å². The van der Waals surface area contributed by atoms with Crippen LogP contribution in [0, 0.1) is 0 Å². The highest BCUT2D eigenvalue weighted by Crippen LogP contribution is 2.43. The van der Waals surface area contributed by atoms with Gasteiger partial charge in [0.15, 0.2) is 4.90 Å². The van der Waals surface area contributed by atoms with Crippen molar-refractivity contribution in [2.75, 3.05) is 7.11 Å². The van der Waals surface area contributed by atoms with Gasteiger partial charge in [-0.25, -0.2) is 8.42 Å². The number of ether oxygens (including phenoxy) is 1. The predicted molar refractivity (Wildman–Crippen MR) is 122 cm³/mol. The minimum absolute atomic E-state index is 0.0274. The maximum atomic E-state index is 13.6. The van der Waals surface area contributed by atoms with Gasteiger partial charge in [-0.05, 0) is 42.7 Å². The Balaban J connectivity index is 1.89. The van der Waals surface area contributed by atoms with Gasteiger partial charge in [-0.1, -0.05) is 61.2 Å². The van der Waals surface area contributed by atoms with E-state index in [1.54, 1.807) is 42.5 Å². The van der Waals surface area contributed by atoms with Crippen LogP contribution in [0.5, 0.6) is 5.95 Å². The molecule has 0 radical (unpaired) electrons. The van der Waals surface area contributed by atoms with Crippen LogP contribution < -0.4 is 10.1 Å². The average Bonchev–Trinajstić information content (AvgIpc) is 3.22. The molecule has 4 rings (SSSR count). The molecule has 0 unspecified atom stereocenters. The highest BCUT2D eigenvalue weighted by Gasteiger charge is 2.36. The van der Waals surface area contributed by atoms with Crippen molar-refractivity contribution in [2.24, 2.45) is 0 Å². The van der Waals surface area contributed by atoms with Gasteiger partial charge in [-0.2, -0.15) is 0 Å². The summed E-state index contributed by atoms with van der Waals surface area (Å²) in [5, 5.41) is 3.49. The molecule has 1 heterocycles. The fourth-order valence-electron chi connectivity index (χ4n) is 4.03. The van der Waals surface area contributed by atoms with Crippen LogP contribution in [0.2, 0.25) is 5.02 Å². The van der Waals surface area contributed by atoms with E-state index < -0.39 is 15.7 Å². The molecule has 2 aromatic carbocycles. The van der Waals surface area contributed by atoms with Crippen LogP contribution in [0.3, 0.4) is 0 Å². The van der Waals surface area contributed by atoms with Crippen LogP contribution in [0.4, 0.5) is 0 Å². The number of hydrogen-bond acceptors (Lipinski definition) is 5. The van der Waals surface area contributed by atoms with Gasteiger partial charge < -0.3 is 14.5 Å². The lowest BCUT2D eigenvalue weighted by atomic mass is 9.95. The molecule has 1 N–H and O–H groups in total. The van der Waals surface area contributed by atoms with E-state index in [9.17, 15) is 13.2 Å². The third kappa shape index (κ3) is 4.40. The Kier molecular flexibility index (Phi) is 6.58. The molecule has 1 aromatic heterocycles. The lowest BCUT2D eigenvalue weighted by Crippen LogP contribution is -2.36. The smallest absolute Gasteiger partial charge is 0.305 e. The normalized spacial score (nSPS) is 14.8. The molecule has 0 saturated heterocycles. The zero-order valence-corrected chi connectivity index (χ0v) is 19.2. The Labute approximate surface area is 192 Å². The van der Waals surface area contributed by atoms with Crippen LogP contribution in [0.1, 0.15) is 42.7 Å². The molecular formula is C24H24ClNO5S. The van der Waals surface area contributed by atoms with Gasteiger partial charge in [0.25, 0.3) is 5.91 Å². The summed E-state index contributed by atoms with van der Waals surface area (Å²) < 4.78 is 38.3. The number of carbonyl (C=O) groups is 1. The van der Waals surface area contributed by atoms with Crippen molar-refractivity contribution in [3.05, 3.63) is 65.4 Å². The highest BCUT2D eigenvalue weighted by atomic mass is 35.5. The lowest BCUT2D eigenvalue weighted by molar-refractivity contribution is 0.0894. The molecule has 1 aliphatic carbocycles. The zero-order valence-electron chi connectivity index (χ0n) is 17.6. The number of benzene rings is 2. The molecule has 0 spiro atoms. The van der Waals surface area contributed by atoms with E-state index in [1.807, 2.05) is 0 Å². The van der Waals surface area contributed by atoms with Crippen LogP contribution in [-0.2, 0) is 9.84 Å². The number of furan rings is 1. The van der Waals surface area contributed by atoms with E-state index in [0.29, 0.717) is 10.6 Å². The Morgan fingerprint density at radius 1 is 1.03 bits per heavy atom. The summed E-state index contributed by atoms with van der Waals surface area (Å²) in [7, 11) is -2.73. The monoisotopic (exact) mass is 473 g/mol. The number of sulfone groups is 1. The SMILES string of the molecule is COc1oc(C(=O)NC2CCCCC2)c(-c2ccc(Cl)cc2)c1S(=O)(=O)c1ccccc1. The molecule has 0 bridgehead atoms. The standard InChI is InChI=1S/C24H24ClNO5S/c1-30-24-22(32(28,29)19-10-6-3-7-11-19)20(16-12-14-17(25)15-13-16)21(31-24)23(27)26-18-8-4-2-5-9-18/h3,6-7,10-15,18H,2,4-5,8-9H2,1H3,(H,26,27). The molecule has 1 fully saturated rings. The molecule has 0 aliphatic heterocycles. The van der Waals surface area contributed by atoms with Crippen molar-refractivity contribution < 1.29 is 22.4 Å². The van der Waals surface area contributed by atoms with Crippen molar-refractivity contribution in [3.63, 3.8) is 0 Å². The number of nitrogens with one attached hydrogen (secondary N) is 1. The van der Waals surface area contributed by atoms with E-state index in [0.717, 1.165) is 32.1 Å². The number of methoxy groups -OCH3 is 1. The topological polar surface area (TPSA) is 85.6 Å². The van der Waals surface area contributed by atoms with Gasteiger partial charge in [-0.3, -0.25) is 4.79 Å². The minimum atomic E-state index is -4.05. The molecule has 6 nitrogen and oxygen atoms in total. The first-order chi connectivity index (χ1) is 15.4. The van der Waals surface area contributed by atoms with E-state index in [-0.39, 0.29) is 33.1 Å². The minimum Gasteiger partial charge on any atom is -0.467 e. The number of halogens is 1. The molecule has 1 amide bonds. The largest absolute Gasteiger partial charge is 0.467 e. The highest BCUT2D eigenvalue weighted by molar-refractivity contribution is 7.91. The molecule has 0 atom stereocenters. The van der Waals surface area contributed by atoms with Crippen molar-refractivity contribution in [3.8, 4) is 17.1 Å². The van der Waals surface area contributed by atoms with Crippen molar-refractivity contribution >= 4 is 27.3 Å². The van der Waals surface area contributed by atoms with Crippen LogP contribution in [0.25, 0.3) is 11.1 Å². The Morgan fingerprint density at radius 3 is 2.31 bits per heavy atom. The maximum Gasteiger partial charge on any atom is 0.305 e. The summed E-state index contributed by atoms with van der Waals surface area (Å²) >= 11 is 6.04. The second-order valence-electron chi connectivity index (χ2n) is 7.76. The van der Waals surface area contributed by atoms with E-state index in [2.05, 4.69) is 5.32 Å². The third-order valence-corrected chi connectivity index (χ3v) is 7.67. The number of carbonyl (C=O) groups excluding carboxylic acids is 1. The molecule has 1 saturated carbocycles. The van der Waals surface area contributed by atoms with Gasteiger partial charge in [-0.15, -0.1) is 0 Å². The molecule has 32 heavy (non-hydrogen) atoms. The Hall–Kier alpha value is -2.77. The lowest BCUT2D eigenvalue weighted by Gasteiger charge is -2.22. The fourth-order valence-corrected chi connectivity index (χ4v) is 5.73. The first-order valence-corrected chi connectivity index (χ1v) is 12.4. The average molecular weight is 474 g/mol. The van der Waals surface area contributed by atoms with Crippen molar-refractivity contribution in [2.45, 2.75) is 47.9 Å². The summed E-state index contributed by atoms with van der Waals surface area (Å²) in [5.74, 6) is -0.786. The quantitative estimate of drug-likeness (QED) is 0.510. The molecule has 8 heteroatoms. The Bertz CT molecular complexity index is 1200. The zero-order chi connectivity index (χ0) is 22.7. The first-order valence-electron chi connectivity index (χ1n) is 10.5. The summed E-state index contributed by atoms with van der Waals surface area (Å²) in [6.07, 6.45) is 5.01. The molecular weight excluding hydrogens is 450 g/mol. The maximum absolute atomic E-state index is 13.6. The predicted octanol–water partition coefficient (Wildman–Crippen LogP) is 5.50. The van der Waals surface area contributed by atoms with Crippen molar-refractivity contribution in [1.29, 1.82) is 0 Å². The summed E-state index contributed by atoms with van der Waals surface area (Å²) in [6, 6.07) is 14.6. The Morgan fingerprint density at radius 2 is 1.69 bits per heavy atom. The van der Waals surface area contributed by atoms with Gasteiger partial charge >= 0.3 is 5.95 Å². The van der Waals surface area contributed by atoms with Crippen LogP contribution >= 0.6 is 11.6 Å².